The summed E-state index contributed by atoms with van der Waals surface area (Å²) in [7, 11) is 3.98. The Hall–Kier alpha value is -2.22. The van der Waals surface area contributed by atoms with Gasteiger partial charge in [0, 0.05) is 46.5 Å². The maximum Gasteiger partial charge on any atom is 0.227 e. The van der Waals surface area contributed by atoms with Crippen LogP contribution < -0.4 is 9.80 Å². The fourth-order valence-corrected chi connectivity index (χ4v) is 2.51. The number of hydrogen-bond acceptors (Lipinski definition) is 7. The van der Waals surface area contributed by atoms with Gasteiger partial charge in [-0.2, -0.15) is 10.1 Å². The highest BCUT2D eigenvalue weighted by molar-refractivity contribution is 5.42. The molecule has 0 bridgehead atoms. The summed E-state index contributed by atoms with van der Waals surface area (Å²) in [6.45, 7) is 6.47. The third-order valence-electron chi connectivity index (χ3n) is 3.75. The molecule has 22 heavy (non-hydrogen) atoms. The molecule has 1 fully saturated rings. The first-order valence-electron chi connectivity index (χ1n) is 7.47. The van der Waals surface area contributed by atoms with Crippen LogP contribution in [0.5, 0.6) is 0 Å². The van der Waals surface area contributed by atoms with Crippen molar-refractivity contribution >= 4 is 11.8 Å². The second-order valence-electron chi connectivity index (χ2n) is 5.71. The molecule has 0 saturated carbocycles. The van der Waals surface area contributed by atoms with Crippen LogP contribution in [0.1, 0.15) is 11.6 Å². The van der Waals surface area contributed by atoms with E-state index in [1.807, 2.05) is 38.2 Å². The molecule has 118 valence electrons. The van der Waals surface area contributed by atoms with E-state index in [0.717, 1.165) is 56.1 Å². The molecule has 8 nitrogen and oxygen atoms in total. The largest absolute Gasteiger partial charge is 0.363 e. The first kappa shape index (κ1) is 14.7. The first-order valence-corrected chi connectivity index (χ1v) is 7.47. The van der Waals surface area contributed by atoms with Crippen LogP contribution in [0.25, 0.3) is 0 Å². The van der Waals surface area contributed by atoms with E-state index in [0.29, 0.717) is 0 Å². The zero-order chi connectivity index (χ0) is 15.5. The summed E-state index contributed by atoms with van der Waals surface area (Å²) in [6.07, 6.45) is 1.82. The maximum atomic E-state index is 4.60. The fourth-order valence-electron chi connectivity index (χ4n) is 2.51. The minimum Gasteiger partial charge on any atom is -0.363 e. The molecule has 0 radical (unpaired) electrons. The summed E-state index contributed by atoms with van der Waals surface area (Å²) in [4.78, 5) is 19.9. The van der Waals surface area contributed by atoms with Gasteiger partial charge in [0.2, 0.25) is 5.95 Å². The standard InChI is InChI=1S/C14H22N8/c1-11-16-12(19-18-11)10-21-6-8-22(9-7-21)14-15-5-4-13(17-14)20(2)3/h4-5H,6-10H2,1-3H3,(H,16,18,19). The first-order chi connectivity index (χ1) is 10.6. The van der Waals surface area contributed by atoms with Crippen LogP contribution in [0.3, 0.4) is 0 Å². The number of nitrogens with zero attached hydrogens (tertiary/aromatic N) is 7. The summed E-state index contributed by atoms with van der Waals surface area (Å²) >= 11 is 0. The van der Waals surface area contributed by atoms with Crippen LogP contribution >= 0.6 is 0 Å². The normalized spacial score (nSPS) is 16.0. The van der Waals surface area contributed by atoms with Gasteiger partial charge in [0.05, 0.1) is 6.54 Å². The van der Waals surface area contributed by atoms with E-state index in [1.165, 1.54) is 0 Å². The van der Waals surface area contributed by atoms with E-state index in [-0.39, 0.29) is 0 Å². The number of rotatable bonds is 4. The summed E-state index contributed by atoms with van der Waals surface area (Å²) in [6, 6.07) is 1.92. The van der Waals surface area contributed by atoms with Gasteiger partial charge in [-0.1, -0.05) is 0 Å². The number of nitrogens with one attached hydrogen (secondary N) is 1. The topological polar surface area (TPSA) is 77.1 Å². The zero-order valence-corrected chi connectivity index (χ0v) is 13.3. The minimum atomic E-state index is 0.788. The van der Waals surface area contributed by atoms with Gasteiger partial charge in [0.15, 0.2) is 5.82 Å². The van der Waals surface area contributed by atoms with Gasteiger partial charge in [-0.05, 0) is 13.0 Å². The Morgan fingerprint density at radius 3 is 2.59 bits per heavy atom. The Labute approximate surface area is 130 Å². The van der Waals surface area contributed by atoms with Gasteiger partial charge in [-0.25, -0.2) is 9.97 Å². The number of piperazine rings is 1. The molecule has 0 spiro atoms. The average molecular weight is 302 g/mol. The molecule has 2 aromatic rings. The number of aryl methyl sites for hydroxylation is 1. The van der Waals surface area contributed by atoms with Gasteiger partial charge >= 0.3 is 0 Å². The highest BCUT2D eigenvalue weighted by atomic mass is 15.3. The minimum absolute atomic E-state index is 0.788. The van der Waals surface area contributed by atoms with Crippen molar-refractivity contribution in [2.24, 2.45) is 0 Å². The average Bonchev–Trinajstić information content (AvgIpc) is 2.93. The fraction of sp³-hybridized carbons (Fsp3) is 0.571. The second-order valence-corrected chi connectivity index (χ2v) is 5.71. The lowest BCUT2D eigenvalue weighted by Gasteiger charge is -2.34. The number of hydrogen-bond donors (Lipinski definition) is 1. The van der Waals surface area contributed by atoms with Crippen molar-refractivity contribution in [2.45, 2.75) is 13.5 Å². The van der Waals surface area contributed by atoms with E-state index < -0.39 is 0 Å². The smallest absolute Gasteiger partial charge is 0.227 e. The predicted octanol–water partition coefficient (Wildman–Crippen LogP) is 0.291. The third kappa shape index (κ3) is 3.33. The van der Waals surface area contributed by atoms with Crippen molar-refractivity contribution in [3.05, 3.63) is 23.9 Å². The number of aromatic nitrogens is 5. The Balaban J connectivity index is 1.58. The van der Waals surface area contributed by atoms with Gasteiger partial charge in [-0.15, -0.1) is 0 Å². The quantitative estimate of drug-likeness (QED) is 0.870. The monoisotopic (exact) mass is 302 g/mol. The van der Waals surface area contributed by atoms with Crippen LogP contribution in [0.4, 0.5) is 11.8 Å². The van der Waals surface area contributed by atoms with E-state index in [4.69, 9.17) is 0 Å². The Morgan fingerprint density at radius 1 is 1.18 bits per heavy atom. The van der Waals surface area contributed by atoms with Gasteiger partial charge < -0.3 is 9.80 Å². The molecule has 1 saturated heterocycles. The summed E-state index contributed by atoms with van der Waals surface area (Å²) in [5.41, 5.74) is 0. The van der Waals surface area contributed by atoms with Gasteiger partial charge in [0.25, 0.3) is 0 Å². The lowest BCUT2D eigenvalue weighted by molar-refractivity contribution is 0.243. The summed E-state index contributed by atoms with van der Waals surface area (Å²) < 4.78 is 0. The SMILES string of the molecule is Cc1nc(CN2CCN(c3nccc(N(C)C)n3)CC2)n[nH]1. The molecule has 3 rings (SSSR count). The lowest BCUT2D eigenvalue weighted by Crippen LogP contribution is -2.46. The number of H-pyrrole nitrogens is 1. The highest BCUT2D eigenvalue weighted by Crippen LogP contribution is 2.15. The number of aromatic amines is 1. The Bertz CT molecular complexity index is 615. The van der Waals surface area contributed by atoms with Crippen molar-refractivity contribution in [2.75, 3.05) is 50.1 Å². The predicted molar refractivity (Wildman–Crippen MR) is 85.0 cm³/mol. The van der Waals surface area contributed by atoms with Crippen molar-refractivity contribution in [1.29, 1.82) is 0 Å². The van der Waals surface area contributed by atoms with Crippen molar-refractivity contribution in [3.8, 4) is 0 Å². The Morgan fingerprint density at radius 2 is 1.95 bits per heavy atom. The van der Waals surface area contributed by atoms with Crippen LogP contribution in [-0.4, -0.2) is 70.3 Å². The maximum absolute atomic E-state index is 4.60. The van der Waals surface area contributed by atoms with Crippen LogP contribution in [0.2, 0.25) is 0 Å². The van der Waals surface area contributed by atoms with E-state index in [1.54, 1.807) is 0 Å². The molecule has 1 aliphatic rings. The molecular weight excluding hydrogens is 280 g/mol. The molecule has 1 N–H and O–H groups in total. The lowest BCUT2D eigenvalue weighted by atomic mass is 10.3. The van der Waals surface area contributed by atoms with E-state index in [9.17, 15) is 0 Å². The summed E-state index contributed by atoms with van der Waals surface area (Å²) in [5.74, 6) is 3.46. The molecule has 0 unspecified atom stereocenters. The molecule has 8 heteroatoms. The molecule has 1 aliphatic heterocycles. The zero-order valence-electron chi connectivity index (χ0n) is 13.3. The molecule has 0 aliphatic carbocycles. The number of anilines is 2. The Kier molecular flexibility index (Phi) is 4.19. The molecule has 0 aromatic carbocycles. The molecule has 0 amide bonds. The van der Waals surface area contributed by atoms with Gasteiger partial charge in [0.1, 0.15) is 11.6 Å². The highest BCUT2D eigenvalue weighted by Gasteiger charge is 2.20. The van der Waals surface area contributed by atoms with Crippen molar-refractivity contribution in [3.63, 3.8) is 0 Å². The van der Waals surface area contributed by atoms with Crippen LogP contribution in [-0.2, 0) is 6.54 Å². The van der Waals surface area contributed by atoms with E-state index >= 15 is 0 Å². The summed E-state index contributed by atoms with van der Waals surface area (Å²) in [5, 5.41) is 7.08. The molecular formula is C14H22N8. The van der Waals surface area contributed by atoms with Gasteiger partial charge in [-0.3, -0.25) is 10.00 Å². The van der Waals surface area contributed by atoms with E-state index in [2.05, 4.69) is 34.9 Å². The molecule has 0 atom stereocenters. The third-order valence-corrected chi connectivity index (χ3v) is 3.75. The van der Waals surface area contributed by atoms with Crippen molar-refractivity contribution < 1.29 is 0 Å². The van der Waals surface area contributed by atoms with Crippen LogP contribution in [0.15, 0.2) is 12.3 Å². The van der Waals surface area contributed by atoms with Crippen molar-refractivity contribution in [1.82, 2.24) is 30.0 Å². The molecule has 2 aromatic heterocycles. The van der Waals surface area contributed by atoms with Crippen LogP contribution in [0, 0.1) is 6.92 Å². The molecule has 3 heterocycles. The second kappa shape index (κ2) is 6.27.